The van der Waals surface area contributed by atoms with Gasteiger partial charge in [0.05, 0.1) is 6.61 Å². The van der Waals surface area contributed by atoms with E-state index in [1.165, 1.54) is 13.8 Å². The van der Waals surface area contributed by atoms with Crippen molar-refractivity contribution in [2.24, 2.45) is 57.2 Å². The second-order valence-electron chi connectivity index (χ2n) is 16.0. The van der Waals surface area contributed by atoms with E-state index in [-0.39, 0.29) is 51.5 Å². The van der Waals surface area contributed by atoms with Crippen molar-refractivity contribution in [3.63, 3.8) is 0 Å². The number of ether oxygens (including phenoxy) is 3. The highest BCUT2D eigenvalue weighted by Gasteiger charge is 2.81. The maximum absolute atomic E-state index is 14.1. The minimum Gasteiger partial charge on any atom is -0.465 e. The predicted molar refractivity (Wildman–Crippen MR) is 174 cm³/mol. The highest BCUT2D eigenvalue weighted by molar-refractivity contribution is 7.52. The number of allylic oxidation sites excluding steroid dienone is 2. The maximum Gasteiger partial charge on any atom is 0.336 e. The van der Waals surface area contributed by atoms with E-state index in [0.29, 0.717) is 18.3 Å². The van der Waals surface area contributed by atoms with Crippen molar-refractivity contribution in [3.8, 4) is 0 Å². The lowest BCUT2D eigenvalue weighted by Gasteiger charge is -2.61. The van der Waals surface area contributed by atoms with Crippen molar-refractivity contribution < 1.29 is 52.5 Å². The molecule has 0 aromatic carbocycles. The molecule has 12 atom stereocenters. The molecule has 266 valence electrons. The molecule has 0 saturated heterocycles. The van der Waals surface area contributed by atoms with Gasteiger partial charge >= 0.3 is 25.5 Å². The molecule has 0 bridgehead atoms. The van der Waals surface area contributed by atoms with Crippen LogP contribution in [0.2, 0.25) is 0 Å². The topological polar surface area (TPSA) is 171 Å². The Morgan fingerprint density at radius 1 is 1.06 bits per heavy atom. The maximum atomic E-state index is 14.1. The molecule has 12 heteroatoms. The number of esters is 3. The molecule has 0 radical (unpaired) electrons. The van der Waals surface area contributed by atoms with Gasteiger partial charge in [-0.1, -0.05) is 47.3 Å². The summed E-state index contributed by atoms with van der Waals surface area (Å²) in [4.78, 5) is 81.8. The van der Waals surface area contributed by atoms with Crippen LogP contribution in [0.4, 0.5) is 0 Å². The lowest BCUT2D eigenvalue weighted by molar-refractivity contribution is -0.166. The highest BCUT2D eigenvalue weighted by atomic mass is 31.2. The van der Waals surface area contributed by atoms with Gasteiger partial charge in [0.2, 0.25) is 0 Å². The van der Waals surface area contributed by atoms with Crippen molar-refractivity contribution >= 4 is 37.1 Å². The molecule has 0 aromatic rings. The van der Waals surface area contributed by atoms with Gasteiger partial charge in [0, 0.05) is 37.5 Å². The molecule has 4 fully saturated rings. The summed E-state index contributed by atoms with van der Waals surface area (Å²) in [5.74, 6) is -3.51. The molecule has 2 unspecified atom stereocenters. The van der Waals surface area contributed by atoms with Crippen LogP contribution in [0, 0.1) is 57.2 Å². The Morgan fingerprint density at radius 3 is 2.33 bits per heavy atom. The van der Waals surface area contributed by atoms with Crippen molar-refractivity contribution in [2.75, 3.05) is 12.8 Å². The molecular formula is C36H51O11P. The Balaban J connectivity index is 1.44. The number of Topliss-reactive ketones (excluding diaryl/α,β-unsaturated/α-hetero) is 1. The molecule has 5 aliphatic rings. The van der Waals surface area contributed by atoms with Crippen LogP contribution < -0.4 is 0 Å². The summed E-state index contributed by atoms with van der Waals surface area (Å²) in [6, 6.07) is 0. The molecule has 0 aliphatic heterocycles. The summed E-state index contributed by atoms with van der Waals surface area (Å²) in [5, 5.41) is 0. The van der Waals surface area contributed by atoms with Gasteiger partial charge in [0.25, 0.3) is 0 Å². The minimum absolute atomic E-state index is 0.00201. The van der Waals surface area contributed by atoms with E-state index in [2.05, 4.69) is 33.4 Å². The van der Waals surface area contributed by atoms with Gasteiger partial charge < -0.3 is 24.0 Å². The average Bonchev–Trinajstić information content (AvgIpc) is 3.58. The molecule has 4 saturated carbocycles. The lowest BCUT2D eigenvalue weighted by atomic mass is 9.43. The Bertz CT molecular complexity index is 1500. The third-order valence-corrected chi connectivity index (χ3v) is 14.4. The van der Waals surface area contributed by atoms with Crippen LogP contribution in [0.3, 0.4) is 0 Å². The normalized spacial score (nSPS) is 39.8. The fourth-order valence-corrected chi connectivity index (χ4v) is 11.8. The van der Waals surface area contributed by atoms with Gasteiger partial charge in [-0.15, -0.1) is 0 Å². The van der Waals surface area contributed by atoms with Crippen LogP contribution >= 0.6 is 7.60 Å². The van der Waals surface area contributed by atoms with E-state index in [1.54, 1.807) is 13.0 Å². The van der Waals surface area contributed by atoms with E-state index < -0.39 is 61.5 Å². The quantitative estimate of drug-likeness (QED) is 0.130. The Morgan fingerprint density at radius 2 is 1.73 bits per heavy atom. The van der Waals surface area contributed by atoms with Crippen molar-refractivity contribution in [2.45, 2.75) is 99.2 Å². The van der Waals surface area contributed by atoms with Crippen LogP contribution in [0.15, 0.2) is 24.3 Å². The molecule has 0 aromatic heterocycles. The first-order valence-corrected chi connectivity index (χ1v) is 18.9. The molecule has 5 aliphatic carbocycles. The van der Waals surface area contributed by atoms with Gasteiger partial charge in [-0.2, -0.15) is 0 Å². The number of fused-ring (bicyclic) bond motifs is 2. The number of hydrogen-bond donors (Lipinski definition) is 2. The highest BCUT2D eigenvalue weighted by Crippen LogP contribution is 2.87. The van der Waals surface area contributed by atoms with E-state index in [0.717, 1.165) is 32.1 Å². The summed E-state index contributed by atoms with van der Waals surface area (Å²) >= 11 is 0. The summed E-state index contributed by atoms with van der Waals surface area (Å²) in [7, 11) is -4.62. The van der Waals surface area contributed by atoms with E-state index in [1.807, 2.05) is 6.92 Å². The smallest absolute Gasteiger partial charge is 0.336 e. The zero-order chi connectivity index (χ0) is 35.8. The molecule has 0 amide bonds. The summed E-state index contributed by atoms with van der Waals surface area (Å²) < 4.78 is 28.0. The largest absolute Gasteiger partial charge is 0.465 e. The molecular weight excluding hydrogens is 639 g/mol. The standard InChI is InChI=1S/C36H51O11P/c1-19(16-45-29(40)17-48(42,43)44)20(2)31(41)32(47-24(6)38)22(4)30-27(46-23(5)37)15-34(8)28-10-9-25-21(3)26(39)11-12-35(25)18-36(28,35)14-13-33(30,34)7/h11-12,19,21-22,25,27-28,30,32H,2,9-10,13-18H2,1,3-8H3,(H2,42,43,44)/t19-,21-,22-,25?,27-,28?,30-,32+,33+,34-,35+,36-/m0/s1. The second-order valence-corrected chi connectivity index (χ2v) is 17.7. The van der Waals surface area contributed by atoms with Crippen LogP contribution in [0.25, 0.3) is 0 Å². The summed E-state index contributed by atoms with van der Waals surface area (Å²) in [5.41, 5.74) is -0.532. The lowest BCUT2D eigenvalue weighted by Crippen LogP contribution is -2.56. The summed E-state index contributed by atoms with van der Waals surface area (Å²) in [6.07, 6.45) is 6.53. The Labute approximate surface area is 282 Å². The number of carbonyl (C=O) groups excluding carboxylic acids is 5. The molecule has 48 heavy (non-hydrogen) atoms. The van der Waals surface area contributed by atoms with Crippen LogP contribution in [0.1, 0.15) is 87.0 Å². The zero-order valence-corrected chi connectivity index (χ0v) is 30.0. The average molecular weight is 691 g/mol. The fourth-order valence-electron chi connectivity index (χ4n) is 11.4. The van der Waals surface area contributed by atoms with Gasteiger partial charge in [-0.25, -0.2) is 0 Å². The second kappa shape index (κ2) is 12.3. The summed E-state index contributed by atoms with van der Waals surface area (Å²) in [6.45, 7) is 16.3. The third kappa shape index (κ3) is 5.75. The zero-order valence-electron chi connectivity index (χ0n) is 29.2. The molecule has 0 heterocycles. The van der Waals surface area contributed by atoms with E-state index in [4.69, 9.17) is 24.0 Å². The van der Waals surface area contributed by atoms with Gasteiger partial charge in [-0.05, 0) is 83.7 Å². The molecule has 2 N–H and O–H groups in total. The first kappa shape index (κ1) is 36.7. The molecule has 11 nitrogen and oxygen atoms in total. The third-order valence-electron chi connectivity index (χ3n) is 13.7. The van der Waals surface area contributed by atoms with Crippen LogP contribution in [-0.4, -0.2) is 64.2 Å². The monoisotopic (exact) mass is 690 g/mol. The van der Waals surface area contributed by atoms with E-state index >= 15 is 0 Å². The Kier molecular flexibility index (Phi) is 9.40. The number of ketones is 2. The van der Waals surface area contributed by atoms with Gasteiger partial charge in [-0.3, -0.25) is 28.5 Å². The number of carbonyl (C=O) groups is 5. The first-order chi connectivity index (χ1) is 22.1. The number of hydrogen-bond acceptors (Lipinski definition) is 9. The first-order valence-electron chi connectivity index (χ1n) is 17.1. The van der Waals surface area contributed by atoms with Crippen molar-refractivity contribution in [1.82, 2.24) is 0 Å². The van der Waals surface area contributed by atoms with Gasteiger partial charge in [0.15, 0.2) is 17.7 Å². The fraction of sp³-hybridized carbons (Fsp3) is 0.750. The number of rotatable bonds is 11. The van der Waals surface area contributed by atoms with Crippen LogP contribution in [-0.2, 0) is 42.7 Å². The predicted octanol–water partition coefficient (Wildman–Crippen LogP) is 4.97. The Hall–Kier alpha value is -2.62. The van der Waals surface area contributed by atoms with Crippen molar-refractivity contribution in [3.05, 3.63) is 24.3 Å². The molecule has 5 rings (SSSR count). The SMILES string of the molecule is C=C(C(=O)[C@H](OC(C)=O)[C@@H](C)[C@H]1[C@@H](OC(C)=O)C[C@@]2(C)C3CCC4[C@H](C)C(=O)C=C[C@@]45C[C@@]35CC[C@]12C)[C@@H](C)COC(=O)CP(=O)(O)O. The molecule has 2 spiro atoms. The van der Waals surface area contributed by atoms with Gasteiger partial charge in [0.1, 0.15) is 12.3 Å². The minimum atomic E-state index is -4.62. The van der Waals surface area contributed by atoms with E-state index in [9.17, 15) is 28.5 Å². The van der Waals surface area contributed by atoms with Crippen molar-refractivity contribution in [1.29, 1.82) is 0 Å². The van der Waals surface area contributed by atoms with Crippen LogP contribution in [0.5, 0.6) is 0 Å².